The number of hydrogen-bond donors (Lipinski definition) is 0. The van der Waals surface area contributed by atoms with Gasteiger partial charge in [0.05, 0.1) is 0 Å². The largest absolute Gasteiger partial charge is 0.456 e. The normalized spacial score (nSPS) is 13.4. The Hall–Kier alpha value is -9.56. The first-order chi connectivity index (χ1) is 39.6. The summed E-state index contributed by atoms with van der Waals surface area (Å²) in [6.45, 7) is 0. The quantitative estimate of drug-likeness (QED) is 0.148. The Morgan fingerprint density at radius 1 is 0.200 bits per heavy atom. The van der Waals surface area contributed by atoms with Crippen molar-refractivity contribution in [3.8, 4) is 77.9 Å². The van der Waals surface area contributed by atoms with Crippen LogP contribution in [0.1, 0.15) is 77.9 Å². The molecule has 0 saturated heterocycles. The van der Waals surface area contributed by atoms with Gasteiger partial charge in [-0.1, -0.05) is 212 Å². The van der Waals surface area contributed by atoms with Crippen LogP contribution >= 0.6 is 0 Å². The molecule has 0 bridgehead atoms. The lowest BCUT2D eigenvalue weighted by Crippen LogP contribution is -1.88. The van der Waals surface area contributed by atoms with Crippen LogP contribution in [0.5, 0.6) is 0 Å². The van der Waals surface area contributed by atoms with E-state index in [0.29, 0.717) is 0 Å². The van der Waals surface area contributed by atoms with Crippen molar-refractivity contribution < 1.29 is 4.42 Å². The van der Waals surface area contributed by atoms with Gasteiger partial charge in [-0.05, 0) is 231 Å². The Kier molecular flexibility index (Phi) is 10.2. The Bertz CT molecular complexity index is 4590. The molecule has 1 heterocycles. The highest BCUT2D eigenvalue weighted by atomic mass is 16.3. The van der Waals surface area contributed by atoms with Gasteiger partial charge in [-0.25, -0.2) is 0 Å². The molecule has 0 saturated carbocycles. The van der Waals surface area contributed by atoms with Gasteiger partial charge in [0.2, 0.25) is 0 Å². The lowest BCUT2D eigenvalue weighted by molar-refractivity contribution is 0.669. The number of para-hydroxylation sites is 1. The maximum absolute atomic E-state index is 5.99. The van der Waals surface area contributed by atoms with Gasteiger partial charge in [-0.2, -0.15) is 0 Å². The fourth-order valence-corrected chi connectivity index (χ4v) is 14.8. The lowest BCUT2D eigenvalue weighted by atomic mass is 9.95. The van der Waals surface area contributed by atoms with E-state index in [9.17, 15) is 0 Å². The average molecular weight is 1020 g/mol. The Balaban J connectivity index is 0.0000000853. The molecule has 0 amide bonds. The van der Waals surface area contributed by atoms with Crippen molar-refractivity contribution in [2.24, 2.45) is 0 Å². The molecule has 1 heteroatoms. The molecule has 0 N–H and O–H groups in total. The van der Waals surface area contributed by atoms with E-state index >= 15 is 0 Å². The minimum absolute atomic E-state index is 0.972. The number of fused-ring (bicyclic) bond motifs is 26. The highest BCUT2D eigenvalue weighted by Crippen LogP contribution is 2.50. The highest BCUT2D eigenvalue weighted by molar-refractivity contribution is 6.14. The van der Waals surface area contributed by atoms with Crippen molar-refractivity contribution in [2.45, 2.75) is 44.9 Å². The van der Waals surface area contributed by atoms with E-state index in [1.807, 2.05) is 12.1 Å². The zero-order chi connectivity index (χ0) is 52.4. The average Bonchev–Trinajstić information content (AvgIpc) is 4.47. The van der Waals surface area contributed by atoms with Crippen molar-refractivity contribution in [3.63, 3.8) is 0 Å². The van der Waals surface area contributed by atoms with Gasteiger partial charge in [-0.3, -0.25) is 0 Å². The van der Waals surface area contributed by atoms with Crippen molar-refractivity contribution >= 4 is 21.9 Å². The fraction of sp³-hybridized carbons (Fsp3) is 0.0886. The predicted molar refractivity (Wildman–Crippen MR) is 331 cm³/mol. The molecular formula is C79H54O. The van der Waals surface area contributed by atoms with E-state index in [0.717, 1.165) is 56.1 Å². The first-order valence-electron chi connectivity index (χ1n) is 28.6. The lowest BCUT2D eigenvalue weighted by Gasteiger charge is -2.08. The maximum Gasteiger partial charge on any atom is 0.136 e. The van der Waals surface area contributed by atoms with E-state index in [1.54, 1.807) is 0 Å². The van der Waals surface area contributed by atoms with Crippen molar-refractivity contribution in [3.05, 3.63) is 321 Å². The van der Waals surface area contributed by atoms with Gasteiger partial charge in [0.15, 0.2) is 0 Å². The highest BCUT2D eigenvalue weighted by Gasteiger charge is 2.30. The molecule has 0 spiro atoms. The second kappa shape index (κ2) is 18.0. The monoisotopic (exact) mass is 1020 g/mol. The van der Waals surface area contributed by atoms with Crippen LogP contribution in [0.25, 0.3) is 99.8 Å². The van der Waals surface area contributed by atoms with Crippen LogP contribution in [0.3, 0.4) is 0 Å². The van der Waals surface area contributed by atoms with E-state index in [4.69, 9.17) is 4.42 Å². The van der Waals surface area contributed by atoms with Crippen LogP contribution in [0.4, 0.5) is 0 Å². The third-order valence-electron chi connectivity index (χ3n) is 18.5. The molecule has 12 aromatic carbocycles. The summed E-state index contributed by atoms with van der Waals surface area (Å²) in [5.74, 6) is 0. The second-order valence-corrected chi connectivity index (χ2v) is 22.9. The molecule has 0 atom stereocenters. The first-order valence-corrected chi connectivity index (χ1v) is 28.6. The predicted octanol–water partition coefficient (Wildman–Crippen LogP) is 19.6. The first kappa shape index (κ1) is 45.5. The van der Waals surface area contributed by atoms with Crippen molar-refractivity contribution in [1.29, 1.82) is 0 Å². The van der Waals surface area contributed by atoms with Crippen LogP contribution in [0, 0.1) is 0 Å². The molecule has 13 aromatic rings. The molecule has 0 fully saturated rings. The smallest absolute Gasteiger partial charge is 0.136 e. The molecular weight excluding hydrogens is 965 g/mol. The van der Waals surface area contributed by atoms with Crippen molar-refractivity contribution in [1.82, 2.24) is 0 Å². The number of rotatable bonds is 0. The van der Waals surface area contributed by atoms with Crippen LogP contribution < -0.4 is 0 Å². The minimum atomic E-state index is 0.972. The Morgan fingerprint density at radius 3 is 1.06 bits per heavy atom. The Labute approximate surface area is 467 Å². The molecule has 7 aliphatic carbocycles. The van der Waals surface area contributed by atoms with Crippen LogP contribution in [-0.4, -0.2) is 0 Å². The summed E-state index contributed by atoms with van der Waals surface area (Å²) in [6, 6.07) is 88.6. The molecule has 0 radical (unpaired) electrons. The molecule has 0 aliphatic heterocycles. The van der Waals surface area contributed by atoms with Gasteiger partial charge in [0.25, 0.3) is 0 Å². The van der Waals surface area contributed by atoms with Gasteiger partial charge in [-0.15, -0.1) is 0 Å². The summed E-state index contributed by atoms with van der Waals surface area (Å²) in [6.07, 6.45) is 7.56. The minimum Gasteiger partial charge on any atom is -0.456 e. The van der Waals surface area contributed by atoms with Gasteiger partial charge < -0.3 is 4.42 Å². The molecule has 1 aromatic heterocycles. The second-order valence-electron chi connectivity index (χ2n) is 22.9. The number of benzene rings is 12. The summed E-state index contributed by atoms with van der Waals surface area (Å²) >= 11 is 0. The van der Waals surface area contributed by atoms with Gasteiger partial charge in [0.1, 0.15) is 11.2 Å². The molecule has 376 valence electrons. The third kappa shape index (κ3) is 7.16. The molecule has 80 heavy (non-hydrogen) atoms. The molecule has 0 unspecified atom stereocenters. The van der Waals surface area contributed by atoms with E-state index in [1.165, 1.54) is 167 Å². The molecule has 7 aliphatic rings. The molecule has 20 rings (SSSR count). The summed E-state index contributed by atoms with van der Waals surface area (Å²) in [4.78, 5) is 0. The van der Waals surface area contributed by atoms with Crippen LogP contribution in [0.15, 0.2) is 247 Å². The standard InChI is InChI=1S/3C20H14.C19H12O/c1-3-7-16-14(6-1)12-19-18(16)10-9-15-11-13-5-2-4-8-17(13)20(15)19;1-3-7-17-13(5-1)9-15-11-20-16(12-19(15)17)10-14-6-2-4-8-18(14)20;1-3-7-17-13(5-1)9-15-11-16-10-14-6-2-4-8-18(14)20(16)12-19(15)17;1-2-6-14-12(5-1)11-13-9-10-17-19(18(13)14)15-7-3-4-8-16(15)20-17/h1-10H,11-12H2;2*1-8,11-12H,9-10H2;1-10H,11H2. The van der Waals surface area contributed by atoms with Crippen LogP contribution in [0.2, 0.25) is 0 Å². The topological polar surface area (TPSA) is 13.1 Å². The zero-order valence-corrected chi connectivity index (χ0v) is 44.5. The molecule has 1 nitrogen and oxygen atoms in total. The van der Waals surface area contributed by atoms with Crippen molar-refractivity contribution in [2.75, 3.05) is 0 Å². The zero-order valence-electron chi connectivity index (χ0n) is 44.5. The fourth-order valence-electron chi connectivity index (χ4n) is 14.8. The van der Waals surface area contributed by atoms with Crippen LogP contribution in [-0.2, 0) is 44.9 Å². The van der Waals surface area contributed by atoms with Gasteiger partial charge in [0, 0.05) is 10.8 Å². The Morgan fingerprint density at radius 2 is 0.550 bits per heavy atom. The van der Waals surface area contributed by atoms with Gasteiger partial charge >= 0.3 is 0 Å². The summed E-state index contributed by atoms with van der Waals surface area (Å²) in [5.41, 5.74) is 42.7. The summed E-state index contributed by atoms with van der Waals surface area (Å²) in [5, 5.41) is 2.49. The van der Waals surface area contributed by atoms with E-state index in [2.05, 4.69) is 231 Å². The van der Waals surface area contributed by atoms with E-state index < -0.39 is 0 Å². The summed E-state index contributed by atoms with van der Waals surface area (Å²) < 4.78 is 5.99. The summed E-state index contributed by atoms with van der Waals surface area (Å²) in [7, 11) is 0. The number of furan rings is 1. The third-order valence-corrected chi connectivity index (χ3v) is 18.5. The SMILES string of the molecule is c1ccc2c(c1)Cc1c-2ccc2c1-c1ccccc1C2.c1ccc2c(c1)Cc1cc3c(cc1-2)-c1ccccc1C3.c1ccc2c(c1)Cc1cc3c(cc1-2)Cc1ccccc1-3.c1ccc2c(c1)Cc1ccc3oc4ccccc4c3c1-2. The number of hydrogen-bond acceptors (Lipinski definition) is 1. The van der Waals surface area contributed by atoms with E-state index in [-0.39, 0.29) is 0 Å². The maximum atomic E-state index is 5.99.